The lowest BCUT2D eigenvalue weighted by atomic mass is 9.95. The first-order valence-corrected chi connectivity index (χ1v) is 13.5. The summed E-state index contributed by atoms with van der Waals surface area (Å²) in [6.07, 6.45) is 5.32. The summed E-state index contributed by atoms with van der Waals surface area (Å²) in [7, 11) is 0. The third-order valence-electron chi connectivity index (χ3n) is 6.39. The monoisotopic (exact) mass is 562 g/mol. The molecule has 1 aliphatic rings. The fraction of sp³-hybridized carbons (Fsp3) is 0.214. The van der Waals surface area contributed by atoms with Gasteiger partial charge >= 0.3 is 5.97 Å². The summed E-state index contributed by atoms with van der Waals surface area (Å²) in [5.74, 6) is -0.543. The van der Waals surface area contributed by atoms with E-state index in [2.05, 4.69) is 15.2 Å². The molecule has 0 unspecified atom stereocenters. The van der Waals surface area contributed by atoms with Crippen LogP contribution in [0.5, 0.6) is 5.75 Å². The van der Waals surface area contributed by atoms with Gasteiger partial charge in [-0.05, 0) is 61.1 Å². The predicted octanol–water partition coefficient (Wildman–Crippen LogP) is 8.39. The average molecular weight is 563 g/mol. The van der Waals surface area contributed by atoms with Crippen molar-refractivity contribution in [2.45, 2.75) is 32.6 Å². The number of hydrogen-bond donors (Lipinski definition) is 1. The Balaban J connectivity index is 1.57. The van der Waals surface area contributed by atoms with Crippen molar-refractivity contribution in [3.63, 3.8) is 0 Å². The Kier molecular flexibility index (Phi) is 7.67. The van der Waals surface area contributed by atoms with Crippen molar-refractivity contribution in [1.82, 2.24) is 0 Å². The number of hydrogen-bond acceptors (Lipinski definition) is 9. The van der Waals surface area contributed by atoms with Gasteiger partial charge in [0.1, 0.15) is 16.4 Å². The fourth-order valence-corrected chi connectivity index (χ4v) is 5.97. The van der Waals surface area contributed by atoms with E-state index in [0.29, 0.717) is 16.1 Å². The molecule has 0 aliphatic heterocycles. The molecule has 4 aromatic rings. The van der Waals surface area contributed by atoms with Crippen molar-refractivity contribution in [2.24, 2.45) is 15.2 Å². The number of aromatic hydroxyl groups is 1. The minimum Gasteiger partial charge on any atom is -0.505 e. The topological polar surface area (TPSA) is 127 Å². The Hall–Kier alpha value is -4.15. The van der Waals surface area contributed by atoms with E-state index in [1.807, 2.05) is 24.3 Å². The number of carbonyl (C=O) groups is 1. The number of esters is 1. The number of nitro benzene ring substituents is 1. The summed E-state index contributed by atoms with van der Waals surface area (Å²) in [6.45, 7) is 2.04. The number of fused-ring (bicyclic) bond motifs is 2. The van der Waals surface area contributed by atoms with Gasteiger partial charge in [0.05, 0.1) is 22.1 Å². The fourth-order valence-electron chi connectivity index (χ4n) is 4.53. The van der Waals surface area contributed by atoms with Gasteiger partial charge < -0.3 is 9.84 Å². The molecular formula is C28H23ClN4O5S. The van der Waals surface area contributed by atoms with Gasteiger partial charge in [0.25, 0.3) is 5.69 Å². The van der Waals surface area contributed by atoms with Crippen LogP contribution in [0.3, 0.4) is 0 Å². The molecule has 9 nitrogen and oxygen atoms in total. The number of carbonyl (C=O) groups excluding carboxylic acids is 1. The van der Waals surface area contributed by atoms with Crippen molar-refractivity contribution in [3.05, 3.63) is 85.2 Å². The van der Waals surface area contributed by atoms with Crippen molar-refractivity contribution >= 4 is 68.0 Å². The number of nitrogens with zero attached hydrogens (tertiary/aromatic N) is 4. The summed E-state index contributed by atoms with van der Waals surface area (Å²) >= 11 is 7.63. The lowest BCUT2D eigenvalue weighted by Crippen LogP contribution is -2.09. The molecule has 0 atom stereocenters. The number of ether oxygens (including phenoxy) is 1. The van der Waals surface area contributed by atoms with E-state index < -0.39 is 4.92 Å². The second kappa shape index (κ2) is 11.3. The molecule has 1 aromatic heterocycles. The molecule has 0 saturated carbocycles. The lowest BCUT2D eigenvalue weighted by molar-refractivity contribution is -0.384. The average Bonchev–Trinajstić information content (AvgIpc) is 3.30. The van der Waals surface area contributed by atoms with Gasteiger partial charge in [-0.2, -0.15) is 0 Å². The van der Waals surface area contributed by atoms with Gasteiger partial charge in [0.2, 0.25) is 0 Å². The van der Waals surface area contributed by atoms with Crippen LogP contribution in [0.25, 0.3) is 10.8 Å². The molecular weight excluding hydrogens is 540 g/mol. The first kappa shape index (κ1) is 26.5. The van der Waals surface area contributed by atoms with E-state index in [4.69, 9.17) is 16.3 Å². The van der Waals surface area contributed by atoms with Gasteiger partial charge in [0, 0.05) is 28.8 Å². The molecule has 0 fully saturated rings. The Bertz CT molecular complexity index is 1660. The highest BCUT2D eigenvalue weighted by Gasteiger charge is 2.26. The lowest BCUT2D eigenvalue weighted by Gasteiger charge is -2.11. The molecule has 11 heteroatoms. The second-order valence-electron chi connectivity index (χ2n) is 8.84. The number of nitro groups is 1. The number of aliphatic imine (C=N–C) groups is 1. The van der Waals surface area contributed by atoms with E-state index in [-0.39, 0.29) is 40.4 Å². The first-order valence-electron chi connectivity index (χ1n) is 12.3. The number of phenolic OH excluding ortho intramolecular Hbond substituents is 1. The number of phenols is 1. The summed E-state index contributed by atoms with van der Waals surface area (Å²) in [5.41, 5.74) is 2.14. The zero-order chi connectivity index (χ0) is 27.5. The van der Waals surface area contributed by atoms with Crippen LogP contribution < -0.4 is 0 Å². The van der Waals surface area contributed by atoms with Crippen LogP contribution in [0, 0.1) is 10.1 Å². The second-order valence-corrected chi connectivity index (χ2v) is 10.3. The molecule has 0 saturated heterocycles. The molecule has 0 bridgehead atoms. The van der Waals surface area contributed by atoms with Crippen molar-refractivity contribution < 1.29 is 19.6 Å². The van der Waals surface area contributed by atoms with E-state index in [1.54, 1.807) is 13.0 Å². The Labute approximate surface area is 232 Å². The SMILES string of the molecule is CCOC(=O)c1c(/N=C/c2c(O)c(N=Nc3ccc([N+](=O)[O-])cc3Cl)cc3ccccc23)sc2c1CCCC2. The number of halogens is 1. The zero-order valence-corrected chi connectivity index (χ0v) is 22.5. The van der Waals surface area contributed by atoms with Gasteiger partial charge in [-0.1, -0.05) is 35.9 Å². The van der Waals surface area contributed by atoms with Crippen LogP contribution in [-0.2, 0) is 17.6 Å². The van der Waals surface area contributed by atoms with Crippen LogP contribution in [0.2, 0.25) is 5.02 Å². The van der Waals surface area contributed by atoms with Gasteiger partial charge in [-0.15, -0.1) is 21.6 Å². The molecule has 39 heavy (non-hydrogen) atoms. The Morgan fingerprint density at radius 3 is 2.69 bits per heavy atom. The van der Waals surface area contributed by atoms with Crippen LogP contribution >= 0.6 is 22.9 Å². The summed E-state index contributed by atoms with van der Waals surface area (Å²) in [6, 6.07) is 13.0. The zero-order valence-electron chi connectivity index (χ0n) is 20.9. The smallest absolute Gasteiger partial charge is 0.341 e. The van der Waals surface area contributed by atoms with E-state index in [1.165, 1.54) is 35.8 Å². The number of benzene rings is 3. The molecule has 1 aliphatic carbocycles. The van der Waals surface area contributed by atoms with Crippen LogP contribution in [0.15, 0.2) is 63.8 Å². The molecule has 1 heterocycles. The minimum atomic E-state index is -0.551. The normalized spacial score (nSPS) is 13.3. The van der Waals surface area contributed by atoms with E-state index >= 15 is 0 Å². The maximum absolute atomic E-state index is 12.8. The largest absolute Gasteiger partial charge is 0.505 e. The summed E-state index contributed by atoms with van der Waals surface area (Å²) < 4.78 is 5.33. The highest BCUT2D eigenvalue weighted by atomic mass is 35.5. The first-order chi connectivity index (χ1) is 18.9. The number of thiophene rings is 1. The summed E-state index contributed by atoms with van der Waals surface area (Å²) in [5, 5.41) is 32.6. The molecule has 5 rings (SSSR count). The van der Waals surface area contributed by atoms with E-state index in [0.717, 1.165) is 46.9 Å². The molecule has 3 aromatic carbocycles. The minimum absolute atomic E-state index is 0.0585. The number of non-ortho nitro benzene ring substituents is 1. The quantitative estimate of drug-likeness (QED) is 0.0795. The van der Waals surface area contributed by atoms with Crippen molar-refractivity contribution in [3.8, 4) is 5.75 Å². The summed E-state index contributed by atoms with van der Waals surface area (Å²) in [4.78, 5) is 29.1. The third-order valence-corrected chi connectivity index (χ3v) is 7.89. The third kappa shape index (κ3) is 5.39. The van der Waals surface area contributed by atoms with Crippen LogP contribution in [-0.4, -0.2) is 28.8 Å². The predicted molar refractivity (Wildman–Crippen MR) is 152 cm³/mol. The standard InChI is InChI=1S/C28H23ClN4O5S/c1-2-38-28(35)25-19-9-5-6-10-24(19)39-27(25)30-15-20-18-8-4-3-7-16(18)13-23(26(20)34)32-31-22-12-11-17(33(36)37)14-21(22)29/h3-4,7-8,11-15,34H,2,5-6,9-10H2,1H3/b30-15+,32-31?. The molecule has 198 valence electrons. The maximum atomic E-state index is 12.8. The maximum Gasteiger partial charge on any atom is 0.341 e. The molecule has 0 amide bonds. The van der Waals surface area contributed by atoms with Crippen molar-refractivity contribution in [1.29, 1.82) is 0 Å². The number of aryl methyl sites for hydroxylation is 1. The number of rotatable bonds is 7. The Morgan fingerprint density at radius 1 is 1.15 bits per heavy atom. The Morgan fingerprint density at radius 2 is 1.92 bits per heavy atom. The van der Waals surface area contributed by atoms with Gasteiger partial charge in [-0.25, -0.2) is 9.79 Å². The van der Waals surface area contributed by atoms with E-state index in [9.17, 15) is 20.0 Å². The highest BCUT2D eigenvalue weighted by Crippen LogP contribution is 2.42. The van der Waals surface area contributed by atoms with Crippen molar-refractivity contribution in [2.75, 3.05) is 6.61 Å². The molecule has 0 spiro atoms. The molecule has 0 radical (unpaired) electrons. The van der Waals surface area contributed by atoms with Gasteiger partial charge in [-0.3, -0.25) is 10.1 Å². The van der Waals surface area contributed by atoms with Gasteiger partial charge in [0.15, 0.2) is 5.75 Å². The number of azo groups is 1. The highest BCUT2D eigenvalue weighted by molar-refractivity contribution is 7.16. The van der Waals surface area contributed by atoms with Crippen LogP contribution in [0.1, 0.15) is 46.1 Å². The van der Waals surface area contributed by atoms with Crippen LogP contribution in [0.4, 0.5) is 22.1 Å². The molecule has 1 N–H and O–H groups in total.